The summed E-state index contributed by atoms with van der Waals surface area (Å²) in [6.07, 6.45) is -4.56. The highest BCUT2D eigenvalue weighted by molar-refractivity contribution is 5.93. The molecule has 0 bridgehead atoms. The van der Waals surface area contributed by atoms with E-state index in [9.17, 15) is 18.0 Å². The van der Waals surface area contributed by atoms with E-state index in [-0.39, 0.29) is 17.0 Å². The summed E-state index contributed by atoms with van der Waals surface area (Å²) in [4.78, 5) is 11.3. The molecule has 6 nitrogen and oxygen atoms in total. The first-order chi connectivity index (χ1) is 10.3. The van der Waals surface area contributed by atoms with Crippen molar-refractivity contribution in [1.82, 2.24) is 15.0 Å². The Morgan fingerprint density at radius 1 is 1.18 bits per heavy atom. The van der Waals surface area contributed by atoms with Crippen LogP contribution in [0.15, 0.2) is 34.5 Å². The van der Waals surface area contributed by atoms with Crippen molar-refractivity contribution in [3.63, 3.8) is 0 Å². The van der Waals surface area contributed by atoms with Gasteiger partial charge in [-0.2, -0.15) is 13.2 Å². The van der Waals surface area contributed by atoms with Crippen LogP contribution in [0.2, 0.25) is 0 Å². The van der Waals surface area contributed by atoms with E-state index in [1.54, 1.807) is 6.92 Å². The predicted molar refractivity (Wildman–Crippen MR) is 68.7 cm³/mol. The molecule has 0 fully saturated rings. The highest BCUT2D eigenvalue weighted by Crippen LogP contribution is 2.52. The van der Waals surface area contributed by atoms with Crippen LogP contribution >= 0.6 is 0 Å². The van der Waals surface area contributed by atoms with Gasteiger partial charge in [0.15, 0.2) is 11.5 Å². The minimum Gasteiger partial charge on any atom is -0.293 e. The van der Waals surface area contributed by atoms with Crippen molar-refractivity contribution in [1.29, 1.82) is 0 Å². The third kappa shape index (κ3) is 2.00. The van der Waals surface area contributed by atoms with Crippen LogP contribution < -0.4 is 0 Å². The van der Waals surface area contributed by atoms with Gasteiger partial charge in [0.05, 0.1) is 11.4 Å². The second kappa shape index (κ2) is 4.46. The smallest absolute Gasteiger partial charge is 0.293 e. The molecule has 0 N–H and O–H groups in total. The van der Waals surface area contributed by atoms with Gasteiger partial charge in [-0.25, -0.2) is 4.68 Å². The monoisotopic (exact) mass is 309 g/mol. The normalized spacial score (nSPS) is 15.9. The molecule has 1 aromatic heterocycles. The fourth-order valence-electron chi connectivity index (χ4n) is 2.18. The Kier molecular flexibility index (Phi) is 2.91. The van der Waals surface area contributed by atoms with Crippen molar-refractivity contribution >= 4 is 5.78 Å². The third-order valence-corrected chi connectivity index (χ3v) is 3.44. The third-order valence-electron chi connectivity index (χ3n) is 3.44. The van der Waals surface area contributed by atoms with Gasteiger partial charge in [-0.1, -0.05) is 17.3 Å². The molecule has 3 rings (SSSR count). The largest absolute Gasteiger partial charge is 0.442 e. The fraction of sp³-hybridized carbons (Fsp3) is 0.308. The molecule has 22 heavy (non-hydrogen) atoms. The van der Waals surface area contributed by atoms with Crippen molar-refractivity contribution in [3.05, 3.63) is 41.2 Å². The van der Waals surface area contributed by atoms with Crippen molar-refractivity contribution in [2.24, 2.45) is 10.2 Å². The van der Waals surface area contributed by atoms with Gasteiger partial charge in [0.25, 0.3) is 0 Å². The number of halogens is 3. The number of alkyl halides is 3. The molecule has 1 aromatic carbocycles. The Hall–Kier alpha value is -2.58. The second-order valence-corrected chi connectivity index (χ2v) is 4.91. The molecular weight excluding hydrogens is 299 g/mol. The van der Waals surface area contributed by atoms with Crippen LogP contribution in [0, 0.1) is 6.92 Å². The maximum atomic E-state index is 12.9. The van der Waals surface area contributed by atoms with Gasteiger partial charge in [0.2, 0.25) is 0 Å². The first kappa shape index (κ1) is 14.4. The molecule has 0 unspecified atom stereocenters. The first-order valence-electron chi connectivity index (χ1n) is 6.31. The number of hydrogen-bond acceptors (Lipinski definition) is 5. The van der Waals surface area contributed by atoms with Gasteiger partial charge >= 0.3 is 11.8 Å². The number of carbonyl (C=O) groups excluding carboxylic acids is 1. The number of aromatic nitrogens is 3. The Balaban J connectivity index is 1.95. The number of nitrogens with zero attached hydrogens (tertiary/aromatic N) is 5. The van der Waals surface area contributed by atoms with Crippen LogP contribution in [0.4, 0.5) is 13.2 Å². The molecule has 0 atom stereocenters. The van der Waals surface area contributed by atoms with E-state index in [0.717, 1.165) is 0 Å². The van der Waals surface area contributed by atoms with E-state index in [0.29, 0.717) is 11.4 Å². The Morgan fingerprint density at radius 2 is 1.77 bits per heavy atom. The summed E-state index contributed by atoms with van der Waals surface area (Å²) in [5, 5.41) is 13.9. The Morgan fingerprint density at radius 3 is 2.18 bits per heavy atom. The van der Waals surface area contributed by atoms with Gasteiger partial charge < -0.3 is 0 Å². The highest BCUT2D eigenvalue weighted by atomic mass is 19.4. The molecule has 1 aliphatic heterocycles. The number of benzene rings is 1. The van der Waals surface area contributed by atoms with Crippen molar-refractivity contribution < 1.29 is 18.0 Å². The minimum absolute atomic E-state index is 0.0618. The van der Waals surface area contributed by atoms with E-state index in [1.807, 2.05) is 0 Å². The lowest BCUT2D eigenvalue weighted by Gasteiger charge is -2.15. The van der Waals surface area contributed by atoms with E-state index in [4.69, 9.17) is 0 Å². The summed E-state index contributed by atoms with van der Waals surface area (Å²) >= 11 is 0. The molecule has 2 heterocycles. The fourth-order valence-corrected chi connectivity index (χ4v) is 2.18. The number of Topliss-reactive ketones (excluding diaryl/α,β-unsaturated/α-hetero) is 1. The Labute approximate surface area is 122 Å². The van der Waals surface area contributed by atoms with Crippen LogP contribution in [0.5, 0.6) is 0 Å². The number of ketones is 1. The Bertz CT molecular complexity index is 770. The molecule has 114 valence electrons. The summed E-state index contributed by atoms with van der Waals surface area (Å²) in [5.41, 5.74) is -1.25. The quantitative estimate of drug-likeness (QED) is 0.818. The molecule has 0 radical (unpaired) electrons. The van der Waals surface area contributed by atoms with Crippen molar-refractivity contribution in [2.75, 3.05) is 0 Å². The second-order valence-electron chi connectivity index (χ2n) is 4.91. The summed E-state index contributed by atoms with van der Waals surface area (Å²) in [6, 6.07) is 5.49. The van der Waals surface area contributed by atoms with E-state index >= 15 is 0 Å². The summed E-state index contributed by atoms with van der Waals surface area (Å²) in [6.45, 7) is 3.03. The lowest BCUT2D eigenvalue weighted by atomic mass is 10.0. The van der Waals surface area contributed by atoms with Crippen molar-refractivity contribution in [2.45, 2.75) is 25.7 Å². The van der Waals surface area contributed by atoms with Crippen LogP contribution in [0.25, 0.3) is 5.69 Å². The predicted octanol–water partition coefficient (Wildman–Crippen LogP) is 2.96. The number of carbonyl (C=O) groups is 1. The van der Waals surface area contributed by atoms with Crippen LogP contribution in [-0.4, -0.2) is 27.0 Å². The first-order valence-corrected chi connectivity index (χ1v) is 6.31. The highest BCUT2D eigenvalue weighted by Gasteiger charge is 2.65. The molecule has 1 aliphatic rings. The lowest BCUT2D eigenvalue weighted by molar-refractivity contribution is -0.166. The van der Waals surface area contributed by atoms with Crippen LogP contribution in [-0.2, 0) is 5.66 Å². The van der Waals surface area contributed by atoms with Gasteiger partial charge in [-0.3, -0.25) is 4.79 Å². The average molecular weight is 309 g/mol. The van der Waals surface area contributed by atoms with Crippen molar-refractivity contribution in [3.8, 4) is 5.69 Å². The zero-order valence-electron chi connectivity index (χ0n) is 11.6. The van der Waals surface area contributed by atoms with Gasteiger partial charge in [0, 0.05) is 12.5 Å². The standard InChI is InChI=1S/C13H10F3N5O/c1-7-11(8(2)22)17-20-21(7)10-5-3-9(4-6-10)12(18-19-12)13(14,15)16/h3-6H,1-2H3. The molecule has 0 spiro atoms. The minimum atomic E-state index is -4.56. The summed E-state index contributed by atoms with van der Waals surface area (Å²) in [5.74, 6) is -0.230. The number of hydrogen-bond donors (Lipinski definition) is 0. The SMILES string of the molecule is CC(=O)c1nnn(-c2ccc(C3(C(F)(F)F)N=N3)cc2)c1C. The van der Waals surface area contributed by atoms with E-state index < -0.39 is 11.8 Å². The van der Waals surface area contributed by atoms with Gasteiger partial charge in [-0.15, -0.1) is 15.3 Å². The maximum Gasteiger partial charge on any atom is 0.442 e. The summed E-state index contributed by atoms with van der Waals surface area (Å²) < 4.78 is 40.1. The molecule has 2 aromatic rings. The van der Waals surface area contributed by atoms with Crippen LogP contribution in [0.1, 0.15) is 28.7 Å². The zero-order valence-corrected chi connectivity index (χ0v) is 11.6. The molecule has 0 amide bonds. The lowest BCUT2D eigenvalue weighted by Crippen LogP contribution is -2.30. The van der Waals surface area contributed by atoms with Crippen LogP contribution in [0.3, 0.4) is 0 Å². The van der Waals surface area contributed by atoms with E-state index in [1.165, 1.54) is 35.9 Å². The molecule has 0 aliphatic carbocycles. The zero-order chi connectivity index (χ0) is 16.1. The maximum absolute atomic E-state index is 12.9. The van der Waals surface area contributed by atoms with Gasteiger partial charge in [-0.05, 0) is 19.1 Å². The molecule has 9 heteroatoms. The molecule has 0 saturated carbocycles. The molecule has 0 saturated heterocycles. The van der Waals surface area contributed by atoms with E-state index in [2.05, 4.69) is 20.5 Å². The average Bonchev–Trinajstić information content (AvgIpc) is 3.17. The van der Waals surface area contributed by atoms with Gasteiger partial charge in [0.1, 0.15) is 0 Å². The summed E-state index contributed by atoms with van der Waals surface area (Å²) in [7, 11) is 0. The molecular formula is C13H10F3N5O. The number of rotatable bonds is 3. The topological polar surface area (TPSA) is 72.5 Å².